The molecule has 0 amide bonds. The lowest BCUT2D eigenvalue weighted by atomic mass is 9.94. The summed E-state index contributed by atoms with van der Waals surface area (Å²) < 4.78 is 37.7. The van der Waals surface area contributed by atoms with Crippen LogP contribution in [-0.2, 0) is 19.0 Å². The van der Waals surface area contributed by atoms with Crippen molar-refractivity contribution in [1.82, 2.24) is 5.32 Å². The molecular formula is C19H20F3N. The normalized spacial score (nSPS) is 21.5. The summed E-state index contributed by atoms with van der Waals surface area (Å²) in [6.07, 6.45) is -1.36. The van der Waals surface area contributed by atoms with Gasteiger partial charge in [-0.3, -0.25) is 0 Å². The number of halogens is 3. The van der Waals surface area contributed by atoms with Crippen molar-refractivity contribution < 1.29 is 13.2 Å². The molecule has 2 aromatic rings. The number of alkyl halides is 3. The first kappa shape index (κ1) is 16.1. The predicted molar refractivity (Wildman–Crippen MR) is 85.2 cm³/mol. The zero-order chi connectivity index (χ0) is 16.3. The smallest absolute Gasteiger partial charge is 0.313 e. The van der Waals surface area contributed by atoms with E-state index in [2.05, 4.69) is 17.4 Å². The molecule has 3 rings (SSSR count). The SMILES string of the molecule is FC(F)(F)c1ccc(CC2CNC(Cc3ccccc3)C2)cc1. The van der Waals surface area contributed by atoms with E-state index in [0.717, 1.165) is 31.4 Å². The van der Waals surface area contributed by atoms with E-state index in [1.54, 1.807) is 12.1 Å². The van der Waals surface area contributed by atoms with Gasteiger partial charge in [-0.15, -0.1) is 0 Å². The van der Waals surface area contributed by atoms with Gasteiger partial charge in [0.15, 0.2) is 0 Å². The molecule has 0 radical (unpaired) electrons. The summed E-state index contributed by atoms with van der Waals surface area (Å²) in [5.41, 5.74) is 1.72. The fourth-order valence-electron chi connectivity index (χ4n) is 3.28. The van der Waals surface area contributed by atoms with Crippen LogP contribution in [0.1, 0.15) is 23.1 Å². The van der Waals surface area contributed by atoms with E-state index in [9.17, 15) is 13.2 Å². The highest BCUT2D eigenvalue weighted by atomic mass is 19.4. The maximum atomic E-state index is 12.6. The lowest BCUT2D eigenvalue weighted by Crippen LogP contribution is -2.23. The van der Waals surface area contributed by atoms with E-state index < -0.39 is 11.7 Å². The summed E-state index contributed by atoms with van der Waals surface area (Å²) in [4.78, 5) is 0. The molecule has 0 spiro atoms. The highest BCUT2D eigenvalue weighted by molar-refractivity contribution is 5.25. The lowest BCUT2D eigenvalue weighted by molar-refractivity contribution is -0.137. The molecule has 122 valence electrons. The van der Waals surface area contributed by atoms with Crippen LogP contribution in [0.5, 0.6) is 0 Å². The Hall–Kier alpha value is -1.81. The van der Waals surface area contributed by atoms with Crippen LogP contribution in [0.3, 0.4) is 0 Å². The molecule has 1 fully saturated rings. The molecule has 1 nitrogen and oxygen atoms in total. The maximum absolute atomic E-state index is 12.6. The van der Waals surface area contributed by atoms with Crippen molar-refractivity contribution in [3.8, 4) is 0 Å². The van der Waals surface area contributed by atoms with Crippen molar-refractivity contribution in [1.29, 1.82) is 0 Å². The van der Waals surface area contributed by atoms with Gasteiger partial charge in [-0.2, -0.15) is 13.2 Å². The second-order valence-electron chi connectivity index (χ2n) is 6.30. The van der Waals surface area contributed by atoms with Gasteiger partial charge in [0, 0.05) is 6.04 Å². The molecule has 23 heavy (non-hydrogen) atoms. The minimum Gasteiger partial charge on any atom is -0.313 e. The third kappa shape index (κ3) is 4.35. The summed E-state index contributed by atoms with van der Waals surface area (Å²) in [6, 6.07) is 16.4. The molecule has 0 bridgehead atoms. The van der Waals surface area contributed by atoms with Gasteiger partial charge >= 0.3 is 6.18 Å². The molecule has 1 aliphatic heterocycles. The summed E-state index contributed by atoms with van der Waals surface area (Å²) in [5, 5.41) is 3.53. The minimum absolute atomic E-state index is 0.455. The van der Waals surface area contributed by atoms with Crippen LogP contribution in [0.2, 0.25) is 0 Å². The zero-order valence-corrected chi connectivity index (χ0v) is 12.8. The molecular weight excluding hydrogens is 299 g/mol. The fraction of sp³-hybridized carbons (Fsp3) is 0.368. The van der Waals surface area contributed by atoms with Gasteiger partial charge < -0.3 is 5.32 Å². The zero-order valence-electron chi connectivity index (χ0n) is 12.8. The second-order valence-corrected chi connectivity index (χ2v) is 6.30. The molecule has 1 heterocycles. The van der Waals surface area contributed by atoms with Gasteiger partial charge in [-0.05, 0) is 55.0 Å². The fourth-order valence-corrected chi connectivity index (χ4v) is 3.28. The summed E-state index contributed by atoms with van der Waals surface area (Å²) in [6.45, 7) is 0.929. The Balaban J connectivity index is 1.54. The van der Waals surface area contributed by atoms with Crippen molar-refractivity contribution in [3.05, 3.63) is 71.3 Å². The van der Waals surface area contributed by atoms with Crippen molar-refractivity contribution in [2.45, 2.75) is 31.5 Å². The van der Waals surface area contributed by atoms with Gasteiger partial charge in [0.25, 0.3) is 0 Å². The van der Waals surface area contributed by atoms with E-state index in [1.807, 2.05) is 18.2 Å². The van der Waals surface area contributed by atoms with Gasteiger partial charge in [0.1, 0.15) is 0 Å². The maximum Gasteiger partial charge on any atom is 0.416 e. The second kappa shape index (κ2) is 6.75. The third-order valence-electron chi connectivity index (χ3n) is 4.44. The van der Waals surface area contributed by atoms with E-state index in [-0.39, 0.29) is 0 Å². The topological polar surface area (TPSA) is 12.0 Å². The van der Waals surface area contributed by atoms with E-state index in [0.29, 0.717) is 12.0 Å². The van der Waals surface area contributed by atoms with Crippen molar-refractivity contribution in [3.63, 3.8) is 0 Å². The van der Waals surface area contributed by atoms with Crippen molar-refractivity contribution in [2.24, 2.45) is 5.92 Å². The molecule has 0 aliphatic carbocycles. The Labute approximate surface area is 134 Å². The number of hydrogen-bond donors (Lipinski definition) is 1. The van der Waals surface area contributed by atoms with E-state index in [1.165, 1.54) is 17.7 Å². The highest BCUT2D eigenvalue weighted by Crippen LogP contribution is 2.30. The summed E-state index contributed by atoms with van der Waals surface area (Å²) >= 11 is 0. The summed E-state index contributed by atoms with van der Waals surface area (Å²) in [5.74, 6) is 0.487. The minimum atomic E-state index is -4.26. The quantitative estimate of drug-likeness (QED) is 0.877. The molecule has 4 heteroatoms. The number of benzene rings is 2. The molecule has 2 atom stereocenters. The average Bonchev–Trinajstić information content (AvgIpc) is 2.95. The molecule has 1 aliphatic rings. The standard InChI is InChI=1S/C19H20F3N/c20-19(21,22)17-8-6-15(7-9-17)10-16-12-18(23-13-16)11-14-4-2-1-3-5-14/h1-9,16,18,23H,10-13H2. The van der Waals surface area contributed by atoms with Gasteiger partial charge in [-0.1, -0.05) is 42.5 Å². The molecule has 2 aromatic carbocycles. The van der Waals surface area contributed by atoms with Crippen LogP contribution in [0.4, 0.5) is 13.2 Å². The monoisotopic (exact) mass is 319 g/mol. The first-order valence-electron chi connectivity index (χ1n) is 7.94. The van der Waals surface area contributed by atoms with Crippen LogP contribution in [0, 0.1) is 5.92 Å². The molecule has 0 aromatic heterocycles. The van der Waals surface area contributed by atoms with Crippen LogP contribution in [0.25, 0.3) is 0 Å². The van der Waals surface area contributed by atoms with Crippen molar-refractivity contribution in [2.75, 3.05) is 6.54 Å². The van der Waals surface area contributed by atoms with E-state index in [4.69, 9.17) is 0 Å². The molecule has 0 saturated carbocycles. The highest BCUT2D eigenvalue weighted by Gasteiger charge is 2.30. The first-order valence-corrected chi connectivity index (χ1v) is 7.94. The number of hydrogen-bond acceptors (Lipinski definition) is 1. The average molecular weight is 319 g/mol. The number of nitrogens with one attached hydrogen (secondary N) is 1. The first-order chi connectivity index (χ1) is 11.0. The van der Waals surface area contributed by atoms with Crippen LogP contribution in [0.15, 0.2) is 54.6 Å². The Morgan fingerprint density at radius 2 is 1.52 bits per heavy atom. The van der Waals surface area contributed by atoms with Crippen molar-refractivity contribution >= 4 is 0 Å². The van der Waals surface area contributed by atoms with Crippen LogP contribution < -0.4 is 5.32 Å². The van der Waals surface area contributed by atoms with E-state index >= 15 is 0 Å². The Morgan fingerprint density at radius 3 is 2.17 bits per heavy atom. The number of rotatable bonds is 4. The lowest BCUT2D eigenvalue weighted by Gasteiger charge is -2.12. The largest absolute Gasteiger partial charge is 0.416 e. The summed E-state index contributed by atoms with van der Waals surface area (Å²) in [7, 11) is 0. The Morgan fingerprint density at radius 1 is 0.870 bits per heavy atom. The van der Waals surface area contributed by atoms with Gasteiger partial charge in [0.05, 0.1) is 5.56 Å². The Kier molecular flexibility index (Phi) is 4.71. The van der Waals surface area contributed by atoms with Gasteiger partial charge in [-0.25, -0.2) is 0 Å². The molecule has 1 saturated heterocycles. The van der Waals surface area contributed by atoms with Crippen LogP contribution in [-0.4, -0.2) is 12.6 Å². The third-order valence-corrected chi connectivity index (χ3v) is 4.44. The van der Waals surface area contributed by atoms with Gasteiger partial charge in [0.2, 0.25) is 0 Å². The Bertz CT molecular complexity index is 619. The molecule has 1 N–H and O–H groups in total. The molecule has 2 unspecified atom stereocenters. The van der Waals surface area contributed by atoms with Crippen LogP contribution >= 0.6 is 0 Å². The predicted octanol–water partition coefficient (Wildman–Crippen LogP) is 4.47.